The SMILES string of the molecule is CC1CCC(C(=O)O)CN1C(=O)C1CCCCC1. The molecule has 1 aliphatic heterocycles. The van der Waals surface area contributed by atoms with E-state index in [-0.39, 0.29) is 23.8 Å². The Balaban J connectivity index is 2.00. The van der Waals surface area contributed by atoms with Crippen LogP contribution in [0.15, 0.2) is 0 Å². The molecule has 2 fully saturated rings. The van der Waals surface area contributed by atoms with Crippen LogP contribution in [-0.2, 0) is 9.59 Å². The summed E-state index contributed by atoms with van der Waals surface area (Å²) < 4.78 is 0. The van der Waals surface area contributed by atoms with E-state index in [9.17, 15) is 9.59 Å². The number of piperidine rings is 1. The summed E-state index contributed by atoms with van der Waals surface area (Å²) in [5, 5.41) is 9.10. The van der Waals surface area contributed by atoms with E-state index in [1.165, 1.54) is 6.42 Å². The maximum absolute atomic E-state index is 12.5. The fraction of sp³-hybridized carbons (Fsp3) is 0.857. The van der Waals surface area contributed by atoms with Crippen LogP contribution in [0.2, 0.25) is 0 Å². The van der Waals surface area contributed by atoms with Gasteiger partial charge in [0.2, 0.25) is 5.91 Å². The molecule has 2 unspecified atom stereocenters. The average molecular weight is 253 g/mol. The van der Waals surface area contributed by atoms with Gasteiger partial charge in [-0.15, -0.1) is 0 Å². The van der Waals surface area contributed by atoms with Gasteiger partial charge in [0.05, 0.1) is 5.92 Å². The van der Waals surface area contributed by atoms with E-state index < -0.39 is 5.97 Å². The first-order valence-electron chi connectivity index (χ1n) is 7.13. The third-order valence-corrected chi connectivity index (χ3v) is 4.47. The van der Waals surface area contributed by atoms with Gasteiger partial charge in [-0.3, -0.25) is 9.59 Å². The molecule has 4 heteroatoms. The molecule has 1 amide bonds. The summed E-state index contributed by atoms with van der Waals surface area (Å²) in [6.07, 6.45) is 7.00. The summed E-state index contributed by atoms with van der Waals surface area (Å²) in [5.74, 6) is -0.779. The van der Waals surface area contributed by atoms with Gasteiger partial charge in [-0.1, -0.05) is 19.3 Å². The number of hydrogen-bond donors (Lipinski definition) is 1. The van der Waals surface area contributed by atoms with Crippen molar-refractivity contribution < 1.29 is 14.7 Å². The second-order valence-electron chi connectivity index (χ2n) is 5.79. The van der Waals surface area contributed by atoms with Crippen molar-refractivity contribution in [3.05, 3.63) is 0 Å². The van der Waals surface area contributed by atoms with E-state index >= 15 is 0 Å². The molecule has 1 aliphatic carbocycles. The zero-order valence-corrected chi connectivity index (χ0v) is 11.1. The first-order chi connectivity index (χ1) is 8.59. The number of carbonyl (C=O) groups is 2. The number of amides is 1. The van der Waals surface area contributed by atoms with Gasteiger partial charge < -0.3 is 10.0 Å². The first-order valence-corrected chi connectivity index (χ1v) is 7.13. The second-order valence-corrected chi connectivity index (χ2v) is 5.79. The first kappa shape index (κ1) is 13.4. The van der Waals surface area contributed by atoms with Crippen LogP contribution in [0.3, 0.4) is 0 Å². The number of carbonyl (C=O) groups excluding carboxylic acids is 1. The molecule has 2 rings (SSSR count). The molecule has 0 aromatic heterocycles. The Hall–Kier alpha value is -1.06. The lowest BCUT2D eigenvalue weighted by atomic mass is 9.86. The number of carboxylic acids is 1. The lowest BCUT2D eigenvalue weighted by Gasteiger charge is -2.39. The van der Waals surface area contributed by atoms with Crippen molar-refractivity contribution in [2.75, 3.05) is 6.54 Å². The highest BCUT2D eigenvalue weighted by atomic mass is 16.4. The van der Waals surface area contributed by atoms with Crippen molar-refractivity contribution in [2.24, 2.45) is 11.8 Å². The van der Waals surface area contributed by atoms with Gasteiger partial charge in [0.25, 0.3) is 0 Å². The molecule has 2 atom stereocenters. The van der Waals surface area contributed by atoms with E-state index in [1.807, 2.05) is 11.8 Å². The average Bonchev–Trinajstić information content (AvgIpc) is 2.39. The van der Waals surface area contributed by atoms with Crippen LogP contribution < -0.4 is 0 Å². The third kappa shape index (κ3) is 2.85. The maximum atomic E-state index is 12.5. The van der Waals surface area contributed by atoms with Gasteiger partial charge >= 0.3 is 5.97 Å². The van der Waals surface area contributed by atoms with Gasteiger partial charge in [0, 0.05) is 18.5 Å². The number of likely N-dealkylation sites (tertiary alicyclic amines) is 1. The van der Waals surface area contributed by atoms with Crippen LogP contribution in [0.25, 0.3) is 0 Å². The molecule has 0 aromatic rings. The molecule has 1 heterocycles. The Morgan fingerprint density at radius 3 is 2.28 bits per heavy atom. The van der Waals surface area contributed by atoms with Crippen molar-refractivity contribution in [3.63, 3.8) is 0 Å². The molecular formula is C14H23NO3. The van der Waals surface area contributed by atoms with Crippen LogP contribution in [0.1, 0.15) is 51.9 Å². The highest BCUT2D eigenvalue weighted by Gasteiger charge is 2.35. The molecule has 0 spiro atoms. The molecule has 102 valence electrons. The fourth-order valence-corrected chi connectivity index (χ4v) is 3.20. The molecular weight excluding hydrogens is 230 g/mol. The standard InChI is InChI=1S/C14H23NO3/c1-10-7-8-12(14(17)18)9-15(10)13(16)11-5-3-2-4-6-11/h10-12H,2-9H2,1H3,(H,17,18). The minimum atomic E-state index is -0.761. The Morgan fingerprint density at radius 2 is 1.67 bits per heavy atom. The van der Waals surface area contributed by atoms with E-state index in [0.29, 0.717) is 13.0 Å². The van der Waals surface area contributed by atoms with Gasteiger partial charge in [-0.05, 0) is 32.6 Å². The number of aliphatic carboxylic acids is 1. The lowest BCUT2D eigenvalue weighted by Crippen LogP contribution is -2.49. The third-order valence-electron chi connectivity index (χ3n) is 4.47. The Labute approximate surface area is 108 Å². The summed E-state index contributed by atoms with van der Waals surface area (Å²) in [4.78, 5) is 25.4. The van der Waals surface area contributed by atoms with Crippen molar-refractivity contribution >= 4 is 11.9 Å². The summed E-state index contributed by atoms with van der Waals surface area (Å²) >= 11 is 0. The zero-order chi connectivity index (χ0) is 13.1. The van der Waals surface area contributed by atoms with Crippen molar-refractivity contribution in [1.82, 2.24) is 4.90 Å². The largest absolute Gasteiger partial charge is 0.481 e. The normalized spacial score (nSPS) is 30.2. The number of nitrogens with zero attached hydrogens (tertiary/aromatic N) is 1. The minimum absolute atomic E-state index is 0.147. The zero-order valence-electron chi connectivity index (χ0n) is 11.1. The Morgan fingerprint density at radius 1 is 1.00 bits per heavy atom. The fourth-order valence-electron chi connectivity index (χ4n) is 3.20. The molecule has 1 N–H and O–H groups in total. The second kappa shape index (κ2) is 5.72. The van der Waals surface area contributed by atoms with Crippen molar-refractivity contribution in [1.29, 1.82) is 0 Å². The van der Waals surface area contributed by atoms with E-state index in [2.05, 4.69) is 0 Å². The highest BCUT2D eigenvalue weighted by Crippen LogP contribution is 2.29. The van der Waals surface area contributed by atoms with Crippen LogP contribution in [0, 0.1) is 11.8 Å². The summed E-state index contributed by atoms with van der Waals surface area (Å²) in [5.41, 5.74) is 0. The Bertz CT molecular complexity index is 323. The summed E-state index contributed by atoms with van der Waals surface area (Å²) in [6.45, 7) is 2.45. The van der Waals surface area contributed by atoms with Crippen LogP contribution in [0.5, 0.6) is 0 Å². The topological polar surface area (TPSA) is 57.6 Å². The van der Waals surface area contributed by atoms with Gasteiger partial charge in [-0.25, -0.2) is 0 Å². The summed E-state index contributed by atoms with van der Waals surface area (Å²) in [7, 11) is 0. The predicted octanol–water partition coefficient (Wildman–Crippen LogP) is 2.28. The molecule has 0 bridgehead atoms. The van der Waals surface area contributed by atoms with Crippen molar-refractivity contribution in [3.8, 4) is 0 Å². The Kier molecular flexibility index (Phi) is 4.25. The molecule has 18 heavy (non-hydrogen) atoms. The van der Waals surface area contributed by atoms with Crippen LogP contribution in [-0.4, -0.2) is 34.5 Å². The maximum Gasteiger partial charge on any atom is 0.308 e. The van der Waals surface area contributed by atoms with E-state index in [4.69, 9.17) is 5.11 Å². The molecule has 1 saturated heterocycles. The highest BCUT2D eigenvalue weighted by molar-refractivity contribution is 5.80. The van der Waals surface area contributed by atoms with E-state index in [1.54, 1.807) is 0 Å². The smallest absolute Gasteiger partial charge is 0.308 e. The molecule has 2 aliphatic rings. The van der Waals surface area contributed by atoms with Gasteiger partial charge in [0.1, 0.15) is 0 Å². The molecule has 0 aromatic carbocycles. The van der Waals surface area contributed by atoms with Crippen LogP contribution in [0.4, 0.5) is 0 Å². The van der Waals surface area contributed by atoms with Crippen LogP contribution >= 0.6 is 0 Å². The monoisotopic (exact) mass is 253 g/mol. The number of carboxylic acid groups (broad SMARTS) is 1. The van der Waals surface area contributed by atoms with E-state index in [0.717, 1.165) is 32.1 Å². The quantitative estimate of drug-likeness (QED) is 0.821. The summed E-state index contributed by atoms with van der Waals surface area (Å²) in [6, 6.07) is 0.204. The number of rotatable bonds is 2. The molecule has 1 saturated carbocycles. The molecule has 0 radical (unpaired) electrons. The van der Waals surface area contributed by atoms with Crippen molar-refractivity contribution in [2.45, 2.75) is 57.9 Å². The van der Waals surface area contributed by atoms with Gasteiger partial charge in [-0.2, -0.15) is 0 Å². The minimum Gasteiger partial charge on any atom is -0.481 e. The predicted molar refractivity (Wildman–Crippen MR) is 68.1 cm³/mol. The molecule has 4 nitrogen and oxygen atoms in total. The number of hydrogen-bond acceptors (Lipinski definition) is 2. The lowest BCUT2D eigenvalue weighted by molar-refractivity contribution is -0.149. The van der Waals surface area contributed by atoms with Gasteiger partial charge in [0.15, 0.2) is 0 Å².